The molecule has 0 aromatic rings. The SMILES string of the molecule is C=CC(C)(C)OC(=O)NC. The molecular formula is C7H13NO2. The normalized spacial score (nSPS) is 10.3. The molecule has 0 aliphatic carbocycles. The summed E-state index contributed by atoms with van der Waals surface area (Å²) in [6, 6.07) is 0. The number of alkyl carbamates (subject to hydrolysis) is 1. The molecule has 0 saturated heterocycles. The molecule has 58 valence electrons. The highest BCUT2D eigenvalue weighted by molar-refractivity contribution is 5.67. The molecule has 3 heteroatoms. The molecule has 3 nitrogen and oxygen atoms in total. The Kier molecular flexibility index (Phi) is 2.93. The minimum Gasteiger partial charge on any atom is -0.439 e. The fraction of sp³-hybridized carbons (Fsp3) is 0.571. The highest BCUT2D eigenvalue weighted by atomic mass is 16.6. The monoisotopic (exact) mass is 143 g/mol. The Hall–Kier alpha value is -0.990. The summed E-state index contributed by atoms with van der Waals surface area (Å²) in [5, 5.41) is 2.35. The van der Waals surface area contributed by atoms with Crippen LogP contribution in [0.4, 0.5) is 4.79 Å². The van der Waals surface area contributed by atoms with E-state index in [-0.39, 0.29) is 0 Å². The van der Waals surface area contributed by atoms with E-state index in [2.05, 4.69) is 11.9 Å². The highest BCUT2D eigenvalue weighted by Gasteiger charge is 2.16. The first-order valence-corrected chi connectivity index (χ1v) is 3.06. The lowest BCUT2D eigenvalue weighted by molar-refractivity contribution is 0.0739. The van der Waals surface area contributed by atoms with Crippen LogP contribution in [-0.4, -0.2) is 18.7 Å². The van der Waals surface area contributed by atoms with Crippen LogP contribution < -0.4 is 5.32 Å². The summed E-state index contributed by atoms with van der Waals surface area (Å²) in [6.07, 6.45) is 1.13. The highest BCUT2D eigenvalue weighted by Crippen LogP contribution is 2.08. The summed E-state index contributed by atoms with van der Waals surface area (Å²) in [4.78, 5) is 10.6. The largest absolute Gasteiger partial charge is 0.439 e. The number of hydrogen-bond donors (Lipinski definition) is 1. The molecule has 0 aliphatic heterocycles. The number of amides is 1. The maximum atomic E-state index is 10.6. The minimum absolute atomic E-state index is 0.440. The Morgan fingerprint density at radius 3 is 2.50 bits per heavy atom. The molecule has 0 unspecified atom stereocenters. The number of hydrogen-bond acceptors (Lipinski definition) is 2. The molecule has 0 saturated carbocycles. The van der Waals surface area contributed by atoms with Crippen molar-refractivity contribution in [1.82, 2.24) is 5.32 Å². The van der Waals surface area contributed by atoms with Gasteiger partial charge in [-0.15, -0.1) is 0 Å². The van der Waals surface area contributed by atoms with Gasteiger partial charge >= 0.3 is 6.09 Å². The van der Waals surface area contributed by atoms with Crippen LogP contribution in [0, 0.1) is 0 Å². The third-order valence-corrected chi connectivity index (χ3v) is 1.05. The van der Waals surface area contributed by atoms with Gasteiger partial charge in [-0.3, -0.25) is 0 Å². The third kappa shape index (κ3) is 3.12. The molecule has 0 atom stereocenters. The van der Waals surface area contributed by atoms with Crippen LogP contribution in [0.1, 0.15) is 13.8 Å². The molecule has 0 spiro atoms. The maximum absolute atomic E-state index is 10.6. The lowest BCUT2D eigenvalue weighted by Gasteiger charge is -2.19. The average Bonchev–Trinajstić information content (AvgIpc) is 1.87. The van der Waals surface area contributed by atoms with Crippen molar-refractivity contribution in [3.8, 4) is 0 Å². The zero-order valence-corrected chi connectivity index (χ0v) is 6.60. The summed E-state index contributed by atoms with van der Waals surface area (Å²) < 4.78 is 4.87. The summed E-state index contributed by atoms with van der Waals surface area (Å²) in [5.41, 5.74) is -0.583. The topological polar surface area (TPSA) is 38.3 Å². The lowest BCUT2D eigenvalue weighted by atomic mass is 10.1. The summed E-state index contributed by atoms with van der Waals surface area (Å²) >= 11 is 0. The lowest BCUT2D eigenvalue weighted by Crippen LogP contribution is -2.30. The van der Waals surface area contributed by atoms with Crippen LogP contribution in [-0.2, 0) is 4.74 Å². The number of ether oxygens (including phenoxy) is 1. The average molecular weight is 143 g/mol. The van der Waals surface area contributed by atoms with Crippen molar-refractivity contribution in [2.45, 2.75) is 19.4 Å². The second-order valence-corrected chi connectivity index (χ2v) is 2.45. The number of carbonyl (C=O) groups is 1. The van der Waals surface area contributed by atoms with Crippen molar-refractivity contribution in [3.05, 3.63) is 12.7 Å². The van der Waals surface area contributed by atoms with Crippen LogP contribution in [0.2, 0.25) is 0 Å². The number of rotatable bonds is 2. The molecule has 0 bridgehead atoms. The van der Waals surface area contributed by atoms with Gasteiger partial charge in [0, 0.05) is 7.05 Å². The van der Waals surface area contributed by atoms with E-state index in [4.69, 9.17) is 4.74 Å². The van der Waals surface area contributed by atoms with Gasteiger partial charge in [0.1, 0.15) is 5.60 Å². The van der Waals surface area contributed by atoms with Gasteiger partial charge in [-0.1, -0.05) is 6.58 Å². The fourth-order valence-corrected chi connectivity index (χ4v) is 0.332. The molecule has 0 fully saturated rings. The third-order valence-electron chi connectivity index (χ3n) is 1.05. The summed E-state index contributed by atoms with van der Waals surface area (Å²) in [6.45, 7) is 7.03. The molecule has 1 N–H and O–H groups in total. The van der Waals surface area contributed by atoms with E-state index in [1.54, 1.807) is 19.9 Å². The first-order chi connectivity index (χ1) is 4.52. The smallest absolute Gasteiger partial charge is 0.407 e. The van der Waals surface area contributed by atoms with Crippen molar-refractivity contribution in [2.75, 3.05) is 7.05 Å². The Morgan fingerprint density at radius 1 is 1.70 bits per heavy atom. The van der Waals surface area contributed by atoms with Gasteiger partial charge in [-0.05, 0) is 19.9 Å². The van der Waals surface area contributed by atoms with Gasteiger partial charge in [-0.2, -0.15) is 0 Å². The molecule has 0 aromatic heterocycles. The first-order valence-electron chi connectivity index (χ1n) is 3.06. The summed E-state index contributed by atoms with van der Waals surface area (Å²) in [5.74, 6) is 0. The second kappa shape index (κ2) is 3.25. The standard InChI is InChI=1S/C7H13NO2/c1-5-7(2,3)10-6(9)8-4/h5H,1H2,2-4H3,(H,8,9). The molecular weight excluding hydrogens is 130 g/mol. The van der Waals surface area contributed by atoms with Gasteiger partial charge in [0.2, 0.25) is 0 Å². The van der Waals surface area contributed by atoms with E-state index in [9.17, 15) is 4.79 Å². The van der Waals surface area contributed by atoms with Gasteiger partial charge < -0.3 is 10.1 Å². The molecule has 1 amide bonds. The van der Waals surface area contributed by atoms with Crippen LogP contribution in [0.15, 0.2) is 12.7 Å². The van der Waals surface area contributed by atoms with E-state index in [0.29, 0.717) is 0 Å². The molecule has 0 heterocycles. The summed E-state index contributed by atoms with van der Waals surface area (Å²) in [7, 11) is 1.52. The van der Waals surface area contributed by atoms with E-state index in [1.165, 1.54) is 7.05 Å². The van der Waals surface area contributed by atoms with Crippen molar-refractivity contribution in [1.29, 1.82) is 0 Å². The van der Waals surface area contributed by atoms with Gasteiger partial charge in [0.15, 0.2) is 0 Å². The zero-order chi connectivity index (χ0) is 8.20. The minimum atomic E-state index is -0.583. The Morgan fingerprint density at radius 2 is 2.20 bits per heavy atom. The fourth-order valence-electron chi connectivity index (χ4n) is 0.332. The second-order valence-electron chi connectivity index (χ2n) is 2.45. The Bertz CT molecular complexity index is 141. The molecule has 0 aromatic carbocycles. The van der Waals surface area contributed by atoms with Crippen LogP contribution in [0.5, 0.6) is 0 Å². The van der Waals surface area contributed by atoms with Gasteiger partial charge in [0.05, 0.1) is 0 Å². The Balaban J connectivity index is 3.88. The molecule has 0 radical (unpaired) electrons. The molecule has 0 rings (SSSR count). The van der Waals surface area contributed by atoms with Crippen LogP contribution in [0.25, 0.3) is 0 Å². The van der Waals surface area contributed by atoms with E-state index >= 15 is 0 Å². The number of nitrogens with one attached hydrogen (secondary N) is 1. The van der Waals surface area contributed by atoms with Crippen LogP contribution >= 0.6 is 0 Å². The van der Waals surface area contributed by atoms with Crippen molar-refractivity contribution in [2.24, 2.45) is 0 Å². The van der Waals surface area contributed by atoms with Crippen molar-refractivity contribution < 1.29 is 9.53 Å². The molecule has 0 aliphatic rings. The van der Waals surface area contributed by atoms with Gasteiger partial charge in [-0.25, -0.2) is 4.79 Å². The maximum Gasteiger partial charge on any atom is 0.407 e. The first kappa shape index (κ1) is 9.01. The number of carbonyl (C=O) groups excluding carboxylic acids is 1. The van der Waals surface area contributed by atoms with Crippen molar-refractivity contribution >= 4 is 6.09 Å². The predicted molar refractivity (Wildman–Crippen MR) is 39.8 cm³/mol. The Labute approximate surface area is 61.1 Å². The molecule has 10 heavy (non-hydrogen) atoms. The van der Waals surface area contributed by atoms with Gasteiger partial charge in [0.25, 0.3) is 0 Å². The van der Waals surface area contributed by atoms with Crippen molar-refractivity contribution in [3.63, 3.8) is 0 Å². The van der Waals surface area contributed by atoms with Crippen LogP contribution in [0.3, 0.4) is 0 Å². The van der Waals surface area contributed by atoms with E-state index < -0.39 is 11.7 Å². The predicted octanol–water partition coefficient (Wildman–Crippen LogP) is 1.31. The quantitative estimate of drug-likeness (QED) is 0.592. The van der Waals surface area contributed by atoms with E-state index in [0.717, 1.165) is 0 Å². The van der Waals surface area contributed by atoms with E-state index in [1.807, 2.05) is 0 Å². The zero-order valence-electron chi connectivity index (χ0n) is 6.60.